The summed E-state index contributed by atoms with van der Waals surface area (Å²) in [5, 5.41) is 14.9. The molecule has 2 rings (SSSR count). The summed E-state index contributed by atoms with van der Waals surface area (Å²) < 4.78 is 24.4. The molecule has 0 radical (unpaired) electrons. The van der Waals surface area contributed by atoms with Gasteiger partial charge in [-0.1, -0.05) is 0 Å². The molecule has 1 aromatic heterocycles. The summed E-state index contributed by atoms with van der Waals surface area (Å²) in [7, 11) is -3.13. The van der Waals surface area contributed by atoms with Crippen molar-refractivity contribution in [3.8, 4) is 0 Å². The Morgan fingerprint density at radius 2 is 2.17 bits per heavy atom. The van der Waals surface area contributed by atoms with E-state index in [9.17, 15) is 18.5 Å². The van der Waals surface area contributed by atoms with Crippen molar-refractivity contribution in [1.29, 1.82) is 0 Å². The quantitative estimate of drug-likeness (QED) is 0.608. The van der Waals surface area contributed by atoms with Crippen LogP contribution in [0.2, 0.25) is 0 Å². The molecule has 0 bridgehead atoms. The predicted molar refractivity (Wildman–Crippen MR) is 64.9 cm³/mol. The highest BCUT2D eigenvalue weighted by atomic mass is 32.2. The molecule has 18 heavy (non-hydrogen) atoms. The average molecular weight is 274 g/mol. The number of nitrogen functional groups attached to an aromatic ring is 1. The van der Waals surface area contributed by atoms with E-state index >= 15 is 0 Å². The maximum atomic E-state index is 11.5. The topological polar surface area (TPSA) is 121 Å². The number of aromatic nitrogens is 2. The minimum Gasteiger partial charge on any atom is -0.378 e. The molecular formula is C9H14N4O4S. The Balaban J connectivity index is 2.54. The first-order valence-corrected chi connectivity index (χ1v) is 7.19. The molecule has 1 unspecified atom stereocenters. The Morgan fingerprint density at radius 1 is 1.56 bits per heavy atom. The SMILES string of the molecule is Cc1nn(C2(C)CCS(=O)(=O)C2)c(N)c1[N+](=O)[O-]. The first-order chi connectivity index (χ1) is 8.16. The molecule has 8 nitrogen and oxygen atoms in total. The lowest BCUT2D eigenvalue weighted by molar-refractivity contribution is -0.384. The van der Waals surface area contributed by atoms with Crippen molar-refractivity contribution in [3.63, 3.8) is 0 Å². The van der Waals surface area contributed by atoms with E-state index in [1.54, 1.807) is 6.92 Å². The Kier molecular flexibility index (Phi) is 2.61. The molecule has 100 valence electrons. The van der Waals surface area contributed by atoms with E-state index in [0.29, 0.717) is 6.42 Å². The molecule has 0 saturated carbocycles. The molecule has 0 amide bonds. The average Bonchev–Trinajstić information content (AvgIpc) is 2.65. The van der Waals surface area contributed by atoms with Crippen LogP contribution in [0.15, 0.2) is 0 Å². The summed E-state index contributed by atoms with van der Waals surface area (Å²) in [6.07, 6.45) is 0.359. The van der Waals surface area contributed by atoms with Crippen LogP contribution in [0.3, 0.4) is 0 Å². The molecule has 2 N–H and O–H groups in total. The van der Waals surface area contributed by atoms with E-state index < -0.39 is 20.3 Å². The number of sulfone groups is 1. The van der Waals surface area contributed by atoms with Crippen LogP contribution in [0.5, 0.6) is 0 Å². The first-order valence-electron chi connectivity index (χ1n) is 5.37. The number of hydrogen-bond acceptors (Lipinski definition) is 6. The zero-order valence-electron chi connectivity index (χ0n) is 10.1. The fraction of sp³-hybridized carbons (Fsp3) is 0.667. The minimum absolute atomic E-state index is 0.0512. The van der Waals surface area contributed by atoms with Gasteiger partial charge in [-0.05, 0) is 20.3 Å². The van der Waals surface area contributed by atoms with Crippen LogP contribution in [0.4, 0.5) is 11.5 Å². The van der Waals surface area contributed by atoms with E-state index in [-0.39, 0.29) is 28.7 Å². The van der Waals surface area contributed by atoms with Crippen LogP contribution in [0, 0.1) is 17.0 Å². The van der Waals surface area contributed by atoms with Gasteiger partial charge in [-0.25, -0.2) is 13.1 Å². The van der Waals surface area contributed by atoms with Crippen molar-refractivity contribution >= 4 is 21.3 Å². The highest BCUT2D eigenvalue weighted by Crippen LogP contribution is 2.36. The molecule has 1 aliphatic rings. The molecule has 1 fully saturated rings. The minimum atomic E-state index is -3.13. The highest BCUT2D eigenvalue weighted by molar-refractivity contribution is 7.91. The van der Waals surface area contributed by atoms with Gasteiger partial charge in [0.1, 0.15) is 5.69 Å². The molecule has 1 saturated heterocycles. The highest BCUT2D eigenvalue weighted by Gasteiger charge is 2.43. The number of nitro groups is 1. The van der Waals surface area contributed by atoms with Crippen molar-refractivity contribution in [2.75, 3.05) is 17.2 Å². The normalized spacial score (nSPS) is 26.3. The van der Waals surface area contributed by atoms with Gasteiger partial charge in [0.15, 0.2) is 9.84 Å². The molecule has 1 aliphatic heterocycles. The van der Waals surface area contributed by atoms with Crippen molar-refractivity contribution in [2.24, 2.45) is 0 Å². The Bertz CT molecular complexity index is 621. The van der Waals surface area contributed by atoms with Gasteiger partial charge in [0.2, 0.25) is 5.82 Å². The van der Waals surface area contributed by atoms with Gasteiger partial charge in [0.05, 0.1) is 22.0 Å². The van der Waals surface area contributed by atoms with Crippen molar-refractivity contribution < 1.29 is 13.3 Å². The summed E-state index contributed by atoms with van der Waals surface area (Å²) in [5.41, 5.74) is 4.87. The van der Waals surface area contributed by atoms with Crippen LogP contribution >= 0.6 is 0 Å². The Morgan fingerprint density at radius 3 is 2.56 bits per heavy atom. The van der Waals surface area contributed by atoms with Gasteiger partial charge in [-0.15, -0.1) is 0 Å². The van der Waals surface area contributed by atoms with Gasteiger partial charge in [-0.2, -0.15) is 5.10 Å². The van der Waals surface area contributed by atoms with Gasteiger partial charge in [0.25, 0.3) is 0 Å². The number of hydrogen-bond donors (Lipinski definition) is 1. The predicted octanol–water partition coefficient (Wildman–Crippen LogP) is 0.216. The number of nitrogens with zero attached hydrogens (tertiary/aromatic N) is 3. The standard InChI is InChI=1S/C9H14N4O4S/c1-6-7(13(14)15)8(10)12(11-6)9(2)3-4-18(16,17)5-9/h3-5,10H2,1-2H3. The van der Waals surface area contributed by atoms with Gasteiger partial charge in [0, 0.05) is 0 Å². The zero-order valence-corrected chi connectivity index (χ0v) is 10.9. The first kappa shape index (κ1) is 12.8. The number of nitrogens with two attached hydrogens (primary N) is 1. The van der Waals surface area contributed by atoms with E-state index in [4.69, 9.17) is 5.73 Å². The molecule has 9 heteroatoms. The zero-order chi connectivity index (χ0) is 13.7. The third kappa shape index (κ3) is 1.84. The third-order valence-electron chi connectivity index (χ3n) is 3.24. The second-order valence-corrected chi connectivity index (χ2v) is 7.01. The Hall–Kier alpha value is -1.64. The fourth-order valence-electron chi connectivity index (χ4n) is 2.33. The van der Waals surface area contributed by atoms with Crippen LogP contribution in [-0.2, 0) is 15.4 Å². The molecule has 1 atom stereocenters. The molecule has 0 aromatic carbocycles. The molecule has 2 heterocycles. The van der Waals surface area contributed by atoms with Gasteiger partial charge >= 0.3 is 5.69 Å². The van der Waals surface area contributed by atoms with Gasteiger partial charge < -0.3 is 5.73 Å². The summed E-state index contributed by atoms with van der Waals surface area (Å²) >= 11 is 0. The Labute approximate surface area is 104 Å². The molecule has 1 aromatic rings. The summed E-state index contributed by atoms with van der Waals surface area (Å²) in [6, 6.07) is 0. The van der Waals surface area contributed by atoms with E-state index in [2.05, 4.69) is 5.10 Å². The van der Waals surface area contributed by atoms with Crippen LogP contribution < -0.4 is 5.73 Å². The van der Waals surface area contributed by atoms with Crippen molar-refractivity contribution in [3.05, 3.63) is 15.8 Å². The molecular weight excluding hydrogens is 260 g/mol. The van der Waals surface area contributed by atoms with E-state index in [0.717, 1.165) is 0 Å². The smallest absolute Gasteiger partial charge is 0.333 e. The maximum absolute atomic E-state index is 11.5. The second-order valence-electron chi connectivity index (χ2n) is 4.83. The lowest BCUT2D eigenvalue weighted by atomic mass is 10.0. The fourth-order valence-corrected chi connectivity index (χ4v) is 4.44. The van der Waals surface area contributed by atoms with Crippen molar-refractivity contribution in [2.45, 2.75) is 25.8 Å². The van der Waals surface area contributed by atoms with E-state index in [1.807, 2.05) is 0 Å². The largest absolute Gasteiger partial charge is 0.378 e. The lowest BCUT2D eigenvalue weighted by Crippen LogP contribution is -2.33. The maximum Gasteiger partial charge on any atom is 0.333 e. The van der Waals surface area contributed by atoms with E-state index in [1.165, 1.54) is 11.6 Å². The summed E-state index contributed by atoms with van der Waals surface area (Å²) in [4.78, 5) is 10.3. The van der Waals surface area contributed by atoms with Crippen LogP contribution in [0.25, 0.3) is 0 Å². The molecule has 0 aliphatic carbocycles. The number of rotatable bonds is 2. The number of anilines is 1. The van der Waals surface area contributed by atoms with Crippen molar-refractivity contribution in [1.82, 2.24) is 9.78 Å². The number of aryl methyl sites for hydroxylation is 1. The molecule has 0 spiro atoms. The lowest BCUT2D eigenvalue weighted by Gasteiger charge is -2.23. The second kappa shape index (κ2) is 3.67. The summed E-state index contributed by atoms with van der Waals surface area (Å²) in [5.74, 6) is -0.130. The van der Waals surface area contributed by atoms with Crippen LogP contribution in [-0.4, -0.2) is 34.6 Å². The monoisotopic (exact) mass is 274 g/mol. The third-order valence-corrected chi connectivity index (χ3v) is 5.13. The van der Waals surface area contributed by atoms with Crippen LogP contribution in [0.1, 0.15) is 19.0 Å². The van der Waals surface area contributed by atoms with Gasteiger partial charge in [-0.3, -0.25) is 10.1 Å². The summed E-state index contributed by atoms with van der Waals surface area (Å²) in [6.45, 7) is 3.18.